The molecule has 0 unspecified atom stereocenters. The Balaban J connectivity index is 2.24. The van der Waals surface area contributed by atoms with Crippen LogP contribution in [0.5, 0.6) is 5.75 Å². The van der Waals surface area contributed by atoms with Crippen LogP contribution in [0.2, 0.25) is 0 Å². The van der Waals surface area contributed by atoms with Gasteiger partial charge in [0.05, 0.1) is 5.60 Å². The summed E-state index contributed by atoms with van der Waals surface area (Å²) < 4.78 is 40.1. The average molecular weight is 318 g/mol. The SMILES string of the molecule is O=C(O)[C@H](c1ccc(OC(F)(F)F)cc1)C1(O)CCCCC1. The van der Waals surface area contributed by atoms with Crippen LogP contribution in [0.4, 0.5) is 13.2 Å². The second-order valence-electron chi connectivity index (χ2n) is 5.55. The maximum absolute atomic E-state index is 12.1. The lowest BCUT2D eigenvalue weighted by Crippen LogP contribution is -2.42. The zero-order valence-corrected chi connectivity index (χ0v) is 11.8. The monoisotopic (exact) mass is 318 g/mol. The maximum atomic E-state index is 12.1. The Morgan fingerprint density at radius 1 is 1.14 bits per heavy atom. The minimum absolute atomic E-state index is 0.270. The number of carboxylic acid groups (broad SMARTS) is 1. The van der Waals surface area contributed by atoms with Gasteiger partial charge in [0.25, 0.3) is 0 Å². The number of carbonyl (C=O) groups is 1. The van der Waals surface area contributed by atoms with Crippen molar-refractivity contribution in [3.8, 4) is 5.75 Å². The summed E-state index contributed by atoms with van der Waals surface area (Å²) in [5, 5.41) is 20.0. The van der Waals surface area contributed by atoms with Gasteiger partial charge in [-0.05, 0) is 30.5 Å². The van der Waals surface area contributed by atoms with E-state index < -0.39 is 29.6 Å². The number of halogens is 3. The first-order valence-electron chi connectivity index (χ1n) is 7.02. The molecular formula is C15H17F3O4. The quantitative estimate of drug-likeness (QED) is 0.892. The Labute approximate surface area is 125 Å². The largest absolute Gasteiger partial charge is 0.573 e. The molecule has 0 amide bonds. The van der Waals surface area contributed by atoms with Crippen LogP contribution in [-0.2, 0) is 4.79 Å². The molecule has 2 rings (SSSR count). The molecule has 0 aromatic heterocycles. The van der Waals surface area contributed by atoms with Crippen molar-refractivity contribution < 1.29 is 32.9 Å². The average Bonchev–Trinajstić information content (AvgIpc) is 2.39. The Morgan fingerprint density at radius 2 is 1.68 bits per heavy atom. The molecule has 4 nitrogen and oxygen atoms in total. The third-order valence-corrected chi connectivity index (χ3v) is 3.95. The Hall–Kier alpha value is -1.76. The predicted octanol–water partition coefficient (Wildman–Crippen LogP) is 3.45. The molecule has 1 fully saturated rings. The summed E-state index contributed by atoms with van der Waals surface area (Å²) in [4.78, 5) is 11.5. The summed E-state index contributed by atoms with van der Waals surface area (Å²) >= 11 is 0. The molecule has 2 N–H and O–H groups in total. The lowest BCUT2D eigenvalue weighted by molar-refractivity contribution is -0.274. The molecule has 1 saturated carbocycles. The summed E-state index contributed by atoms with van der Waals surface area (Å²) in [6.07, 6.45) is -1.66. The summed E-state index contributed by atoms with van der Waals surface area (Å²) in [5.41, 5.74) is -1.09. The number of hydrogen-bond donors (Lipinski definition) is 2. The third kappa shape index (κ3) is 3.91. The highest BCUT2D eigenvalue weighted by atomic mass is 19.4. The van der Waals surface area contributed by atoms with Crippen LogP contribution in [0.25, 0.3) is 0 Å². The highest BCUT2D eigenvalue weighted by molar-refractivity contribution is 5.78. The van der Waals surface area contributed by atoms with Crippen LogP contribution in [0.1, 0.15) is 43.6 Å². The molecule has 0 heterocycles. The molecule has 22 heavy (non-hydrogen) atoms. The highest BCUT2D eigenvalue weighted by Crippen LogP contribution is 2.40. The van der Waals surface area contributed by atoms with Crippen LogP contribution < -0.4 is 4.74 Å². The van der Waals surface area contributed by atoms with Gasteiger partial charge in [-0.15, -0.1) is 13.2 Å². The first kappa shape index (κ1) is 16.6. The second kappa shape index (κ2) is 6.16. The first-order chi connectivity index (χ1) is 10.2. The fourth-order valence-corrected chi connectivity index (χ4v) is 3.00. The molecule has 1 aromatic carbocycles. The minimum atomic E-state index is -4.80. The third-order valence-electron chi connectivity index (χ3n) is 3.95. The van der Waals surface area contributed by atoms with E-state index in [4.69, 9.17) is 0 Å². The molecule has 0 bridgehead atoms. The molecule has 1 aliphatic rings. The van der Waals surface area contributed by atoms with Gasteiger partial charge in [-0.25, -0.2) is 0 Å². The smallest absolute Gasteiger partial charge is 0.481 e. The van der Waals surface area contributed by atoms with Gasteiger partial charge >= 0.3 is 12.3 Å². The van der Waals surface area contributed by atoms with Crippen molar-refractivity contribution in [2.75, 3.05) is 0 Å². The molecular weight excluding hydrogens is 301 g/mol. The van der Waals surface area contributed by atoms with E-state index in [1.54, 1.807) is 0 Å². The maximum Gasteiger partial charge on any atom is 0.573 e. The Kier molecular flexibility index (Phi) is 4.65. The molecule has 0 aliphatic heterocycles. The molecule has 7 heteroatoms. The topological polar surface area (TPSA) is 66.8 Å². The van der Waals surface area contributed by atoms with Crippen molar-refractivity contribution >= 4 is 5.97 Å². The van der Waals surface area contributed by atoms with Gasteiger partial charge in [-0.2, -0.15) is 0 Å². The van der Waals surface area contributed by atoms with Gasteiger partial charge in [0.2, 0.25) is 0 Å². The van der Waals surface area contributed by atoms with E-state index in [2.05, 4.69) is 4.74 Å². The second-order valence-corrected chi connectivity index (χ2v) is 5.55. The van der Waals surface area contributed by atoms with E-state index in [0.717, 1.165) is 31.4 Å². The van der Waals surface area contributed by atoms with Crippen molar-refractivity contribution in [1.82, 2.24) is 0 Å². The summed E-state index contributed by atoms with van der Waals surface area (Å²) in [7, 11) is 0. The number of benzene rings is 1. The number of aliphatic hydroxyl groups is 1. The van der Waals surface area contributed by atoms with Crippen molar-refractivity contribution in [3.63, 3.8) is 0 Å². The number of rotatable bonds is 4. The number of ether oxygens (including phenoxy) is 1. The van der Waals surface area contributed by atoms with Gasteiger partial charge in [-0.1, -0.05) is 31.4 Å². The zero-order chi connectivity index (χ0) is 16.4. The Bertz CT molecular complexity index is 519. The lowest BCUT2D eigenvalue weighted by atomic mass is 9.73. The van der Waals surface area contributed by atoms with E-state index in [9.17, 15) is 28.2 Å². The summed E-state index contributed by atoms with van der Waals surface area (Å²) in [5.74, 6) is -2.77. The molecule has 1 aliphatic carbocycles. The van der Waals surface area contributed by atoms with Crippen molar-refractivity contribution in [2.45, 2.75) is 50.0 Å². The van der Waals surface area contributed by atoms with E-state index >= 15 is 0 Å². The van der Waals surface area contributed by atoms with Gasteiger partial charge < -0.3 is 14.9 Å². The van der Waals surface area contributed by atoms with Crippen molar-refractivity contribution in [1.29, 1.82) is 0 Å². The van der Waals surface area contributed by atoms with Crippen LogP contribution in [0.15, 0.2) is 24.3 Å². The molecule has 0 radical (unpaired) electrons. The molecule has 0 saturated heterocycles. The van der Waals surface area contributed by atoms with E-state index in [1.165, 1.54) is 12.1 Å². The number of alkyl halides is 3. The van der Waals surface area contributed by atoms with Crippen LogP contribution >= 0.6 is 0 Å². The van der Waals surface area contributed by atoms with Gasteiger partial charge in [0, 0.05) is 0 Å². The zero-order valence-electron chi connectivity index (χ0n) is 11.8. The molecule has 1 aromatic rings. The first-order valence-corrected chi connectivity index (χ1v) is 7.02. The number of aliphatic carboxylic acids is 1. The molecule has 0 spiro atoms. The highest BCUT2D eigenvalue weighted by Gasteiger charge is 2.43. The fraction of sp³-hybridized carbons (Fsp3) is 0.533. The van der Waals surface area contributed by atoms with Crippen LogP contribution in [0, 0.1) is 0 Å². The molecule has 1 atom stereocenters. The van der Waals surface area contributed by atoms with E-state index in [-0.39, 0.29) is 5.56 Å². The fourth-order valence-electron chi connectivity index (χ4n) is 3.00. The van der Waals surface area contributed by atoms with E-state index in [1.807, 2.05) is 0 Å². The standard InChI is InChI=1S/C15H17F3O4/c16-15(17,18)22-11-6-4-10(5-7-11)12(13(19)20)14(21)8-2-1-3-9-14/h4-7,12,21H,1-3,8-9H2,(H,19,20)/t12-/m0/s1. The van der Waals surface area contributed by atoms with Gasteiger partial charge in [0.15, 0.2) is 0 Å². The van der Waals surface area contributed by atoms with Crippen molar-refractivity contribution in [2.24, 2.45) is 0 Å². The summed E-state index contributed by atoms with van der Waals surface area (Å²) in [6.45, 7) is 0. The van der Waals surface area contributed by atoms with Crippen LogP contribution in [0.3, 0.4) is 0 Å². The van der Waals surface area contributed by atoms with Gasteiger partial charge in [-0.3, -0.25) is 4.79 Å². The minimum Gasteiger partial charge on any atom is -0.481 e. The lowest BCUT2D eigenvalue weighted by Gasteiger charge is -2.37. The number of carboxylic acids is 1. The predicted molar refractivity (Wildman–Crippen MR) is 71.5 cm³/mol. The number of hydrogen-bond acceptors (Lipinski definition) is 3. The normalized spacial score (nSPS) is 19.5. The van der Waals surface area contributed by atoms with Gasteiger partial charge in [0.1, 0.15) is 11.7 Å². The summed E-state index contributed by atoms with van der Waals surface area (Å²) in [6, 6.07) is 4.63. The van der Waals surface area contributed by atoms with E-state index in [0.29, 0.717) is 12.8 Å². The Morgan fingerprint density at radius 3 is 2.14 bits per heavy atom. The van der Waals surface area contributed by atoms with Crippen molar-refractivity contribution in [3.05, 3.63) is 29.8 Å². The van der Waals surface area contributed by atoms with Crippen LogP contribution in [-0.4, -0.2) is 28.1 Å². The molecule has 122 valence electrons.